The van der Waals surface area contributed by atoms with E-state index in [1.807, 2.05) is 38.1 Å². The van der Waals surface area contributed by atoms with Crippen LogP contribution in [0.25, 0.3) is 21.3 Å². The van der Waals surface area contributed by atoms with E-state index in [0.717, 1.165) is 22.9 Å². The average Bonchev–Trinajstić information content (AvgIpc) is 3.18. The van der Waals surface area contributed by atoms with Crippen molar-refractivity contribution in [1.29, 1.82) is 0 Å². The van der Waals surface area contributed by atoms with Crippen molar-refractivity contribution in [3.8, 4) is 16.9 Å². The minimum atomic E-state index is -0.701. The van der Waals surface area contributed by atoms with Crippen LogP contribution in [0.3, 0.4) is 0 Å². The molecule has 0 aliphatic carbocycles. The number of nitrogens with one attached hydrogen (secondary N) is 1. The second-order valence-electron chi connectivity index (χ2n) is 8.52. The molecule has 1 atom stereocenters. The number of hydrogen-bond donors (Lipinski definition) is 1. The summed E-state index contributed by atoms with van der Waals surface area (Å²) in [4.78, 5) is 18.6. The number of carbonyl (C=O) groups is 1. The Morgan fingerprint density at radius 3 is 2.68 bits per heavy atom. The van der Waals surface area contributed by atoms with Gasteiger partial charge in [-0.1, -0.05) is 43.6 Å². The zero-order valence-corrected chi connectivity index (χ0v) is 20.1. The number of pyridine rings is 1. The predicted molar refractivity (Wildman–Crippen MR) is 131 cm³/mol. The van der Waals surface area contributed by atoms with Gasteiger partial charge in [0, 0.05) is 35.4 Å². The van der Waals surface area contributed by atoms with Crippen molar-refractivity contribution < 1.29 is 18.3 Å². The fourth-order valence-corrected chi connectivity index (χ4v) is 6.11. The van der Waals surface area contributed by atoms with Crippen molar-refractivity contribution in [2.75, 3.05) is 6.61 Å². The molecule has 3 heterocycles. The van der Waals surface area contributed by atoms with E-state index in [0.29, 0.717) is 39.2 Å². The third-order valence-corrected chi connectivity index (χ3v) is 7.39. The second-order valence-corrected chi connectivity index (χ2v) is 9.95. The third-order valence-electron chi connectivity index (χ3n) is 5.89. The van der Waals surface area contributed by atoms with Gasteiger partial charge < -0.3 is 10.1 Å². The Labute approximate surface area is 204 Å². The highest BCUT2D eigenvalue weighted by Crippen LogP contribution is 2.44. The lowest BCUT2D eigenvalue weighted by atomic mass is 9.98. The highest BCUT2D eigenvalue weighted by Gasteiger charge is 2.28. The number of hydrogen-bond acceptors (Lipinski definition) is 4. The van der Waals surface area contributed by atoms with Gasteiger partial charge in [0.15, 0.2) is 0 Å². The molecular weight excluding hydrogens is 478 g/mol. The van der Waals surface area contributed by atoms with Gasteiger partial charge in [-0.15, -0.1) is 11.3 Å². The summed E-state index contributed by atoms with van der Waals surface area (Å²) in [5.74, 6) is -0.868. The topological polar surface area (TPSA) is 51.2 Å². The Morgan fingerprint density at radius 1 is 1.21 bits per heavy atom. The van der Waals surface area contributed by atoms with Crippen LogP contribution in [0, 0.1) is 11.6 Å². The van der Waals surface area contributed by atoms with Crippen LogP contribution in [0.1, 0.15) is 53.0 Å². The van der Waals surface area contributed by atoms with Crippen LogP contribution in [0.2, 0.25) is 5.02 Å². The number of thiophene rings is 1. The fourth-order valence-electron chi connectivity index (χ4n) is 4.41. The van der Waals surface area contributed by atoms with Crippen LogP contribution in [-0.2, 0) is 0 Å². The van der Waals surface area contributed by atoms with Gasteiger partial charge >= 0.3 is 0 Å². The van der Waals surface area contributed by atoms with E-state index >= 15 is 0 Å². The Kier molecular flexibility index (Phi) is 6.00. The van der Waals surface area contributed by atoms with E-state index in [4.69, 9.17) is 16.3 Å². The highest BCUT2D eigenvalue weighted by molar-refractivity contribution is 7.21. The summed E-state index contributed by atoms with van der Waals surface area (Å²) < 4.78 is 34.3. The van der Waals surface area contributed by atoms with Crippen LogP contribution in [0.15, 0.2) is 48.7 Å². The molecule has 1 N–H and O–H groups in total. The van der Waals surface area contributed by atoms with E-state index in [1.54, 1.807) is 0 Å². The lowest BCUT2D eigenvalue weighted by molar-refractivity contribution is 0.0928. The van der Waals surface area contributed by atoms with E-state index in [2.05, 4.69) is 10.3 Å². The Hall–Kier alpha value is -3.03. The van der Waals surface area contributed by atoms with Crippen LogP contribution >= 0.6 is 22.9 Å². The van der Waals surface area contributed by atoms with Crippen LogP contribution in [-0.4, -0.2) is 17.5 Å². The lowest BCUT2D eigenvalue weighted by Crippen LogP contribution is -2.32. The number of carbonyl (C=O) groups excluding carboxylic acids is 1. The van der Waals surface area contributed by atoms with Gasteiger partial charge in [-0.3, -0.25) is 9.78 Å². The van der Waals surface area contributed by atoms with Gasteiger partial charge in [0.05, 0.1) is 32.8 Å². The van der Waals surface area contributed by atoms with Crippen LogP contribution < -0.4 is 10.1 Å². The molecule has 4 aromatic rings. The zero-order chi connectivity index (χ0) is 24.0. The molecule has 0 fully saturated rings. The lowest BCUT2D eigenvalue weighted by Gasteiger charge is -2.26. The van der Waals surface area contributed by atoms with Crippen molar-refractivity contribution in [2.24, 2.45) is 0 Å². The van der Waals surface area contributed by atoms with E-state index in [1.165, 1.54) is 29.7 Å². The Morgan fingerprint density at radius 2 is 1.94 bits per heavy atom. The van der Waals surface area contributed by atoms with E-state index in [-0.39, 0.29) is 22.9 Å². The molecule has 0 bridgehead atoms. The monoisotopic (exact) mass is 498 g/mol. The van der Waals surface area contributed by atoms with Crippen molar-refractivity contribution in [3.63, 3.8) is 0 Å². The normalized spacial score (nSPS) is 15.3. The smallest absolute Gasteiger partial charge is 0.262 e. The first-order valence-electron chi connectivity index (χ1n) is 10.9. The van der Waals surface area contributed by atoms with Gasteiger partial charge in [0.2, 0.25) is 0 Å². The first-order chi connectivity index (χ1) is 16.3. The number of amides is 1. The first kappa shape index (κ1) is 22.7. The molecule has 0 spiro atoms. The van der Waals surface area contributed by atoms with E-state index < -0.39 is 11.6 Å². The number of ether oxygens (including phenoxy) is 1. The molecule has 0 unspecified atom stereocenters. The molecule has 2 aromatic carbocycles. The molecule has 0 saturated carbocycles. The quantitative estimate of drug-likeness (QED) is 0.322. The minimum absolute atomic E-state index is 0.0118. The maximum atomic E-state index is 14.0. The molecule has 34 heavy (non-hydrogen) atoms. The molecule has 5 rings (SSSR count). The number of nitrogens with zero attached hydrogens (tertiary/aromatic N) is 1. The van der Waals surface area contributed by atoms with Gasteiger partial charge in [-0.05, 0) is 29.7 Å². The number of rotatable bonds is 4. The molecule has 1 aliphatic heterocycles. The molecule has 174 valence electrons. The summed E-state index contributed by atoms with van der Waals surface area (Å²) >= 11 is 7.70. The number of fused-ring (bicyclic) bond motifs is 2. The Bertz CT molecular complexity index is 1400. The SMILES string of the molecule is CC(C)c1c(C(=O)N[C@H]2CCOc3ccccc32)sc2c(-c3cc(F)cc(F)c3)c(Cl)cnc12. The fraction of sp³-hybridized carbons (Fsp3) is 0.231. The van der Waals surface area contributed by atoms with Gasteiger partial charge in [0.1, 0.15) is 17.4 Å². The number of aromatic nitrogens is 1. The number of halogens is 3. The second kappa shape index (κ2) is 8.96. The average molecular weight is 499 g/mol. The molecule has 8 heteroatoms. The maximum Gasteiger partial charge on any atom is 0.262 e. The molecule has 0 radical (unpaired) electrons. The van der Waals surface area contributed by atoms with E-state index in [9.17, 15) is 13.6 Å². The van der Waals surface area contributed by atoms with Crippen molar-refractivity contribution in [2.45, 2.75) is 32.2 Å². The summed E-state index contributed by atoms with van der Waals surface area (Å²) in [6, 6.07) is 10.8. The van der Waals surface area contributed by atoms with Crippen molar-refractivity contribution in [1.82, 2.24) is 10.3 Å². The van der Waals surface area contributed by atoms with Crippen LogP contribution in [0.5, 0.6) is 5.75 Å². The minimum Gasteiger partial charge on any atom is -0.493 e. The molecular formula is C26H21ClF2N2O2S. The number of para-hydroxylation sites is 1. The molecule has 4 nitrogen and oxygen atoms in total. The zero-order valence-electron chi connectivity index (χ0n) is 18.5. The molecule has 1 amide bonds. The summed E-state index contributed by atoms with van der Waals surface area (Å²) in [6.07, 6.45) is 2.12. The Balaban J connectivity index is 1.62. The molecule has 0 saturated heterocycles. The summed E-state index contributed by atoms with van der Waals surface area (Å²) in [6.45, 7) is 4.48. The van der Waals surface area contributed by atoms with Gasteiger partial charge in [0.25, 0.3) is 5.91 Å². The summed E-state index contributed by atoms with van der Waals surface area (Å²) in [5, 5.41) is 3.41. The standard InChI is InChI=1S/C26H21ClF2N2O2S/c1-13(2)21-23-24(22(18(27)12-30-23)14-9-15(28)11-16(29)10-14)34-25(21)26(32)31-19-7-8-33-20-6-4-3-5-17(19)20/h3-6,9-13,19H,7-8H2,1-2H3,(H,31,32)/t19-/m0/s1. The van der Waals surface area contributed by atoms with Crippen LogP contribution in [0.4, 0.5) is 8.78 Å². The first-order valence-corrected chi connectivity index (χ1v) is 12.1. The highest BCUT2D eigenvalue weighted by atomic mass is 35.5. The van der Waals surface area contributed by atoms with Gasteiger partial charge in [-0.25, -0.2) is 8.78 Å². The third kappa shape index (κ3) is 4.03. The van der Waals surface area contributed by atoms with Crippen molar-refractivity contribution >= 4 is 39.1 Å². The predicted octanol–water partition coefficient (Wildman–Crippen LogP) is 7.27. The molecule has 1 aliphatic rings. The van der Waals surface area contributed by atoms with Gasteiger partial charge in [-0.2, -0.15) is 0 Å². The number of benzene rings is 2. The summed E-state index contributed by atoms with van der Waals surface area (Å²) in [7, 11) is 0. The molecule has 2 aromatic heterocycles. The maximum absolute atomic E-state index is 14.0. The van der Waals surface area contributed by atoms with Crippen molar-refractivity contribution in [3.05, 3.63) is 81.3 Å². The summed E-state index contributed by atoms with van der Waals surface area (Å²) in [5.41, 5.74) is 3.10. The largest absolute Gasteiger partial charge is 0.493 e.